The maximum absolute atomic E-state index is 11.8. The second-order valence-electron chi connectivity index (χ2n) is 3.66. The van der Waals surface area contributed by atoms with Gasteiger partial charge >= 0.3 is 0 Å². The van der Waals surface area contributed by atoms with Crippen molar-refractivity contribution in [3.63, 3.8) is 0 Å². The zero-order valence-electron chi connectivity index (χ0n) is 9.44. The lowest BCUT2D eigenvalue weighted by Crippen LogP contribution is -2.28. The van der Waals surface area contributed by atoms with E-state index in [9.17, 15) is 8.42 Å². The third-order valence-electron chi connectivity index (χ3n) is 2.10. The fraction of sp³-hybridized carbons (Fsp3) is 0.400. The average molecular weight is 274 g/mol. The van der Waals surface area contributed by atoms with Gasteiger partial charge in [-0.1, -0.05) is 11.6 Å². The number of aryl methyl sites for hydroxylation is 1. The van der Waals surface area contributed by atoms with Crippen molar-refractivity contribution in [1.29, 1.82) is 5.26 Å². The fourth-order valence-corrected chi connectivity index (χ4v) is 2.31. The molecule has 17 heavy (non-hydrogen) atoms. The minimum atomic E-state index is -3.63. The molecule has 0 radical (unpaired) electrons. The Morgan fingerprint density at radius 1 is 1.65 bits per heavy atom. The van der Waals surface area contributed by atoms with Crippen LogP contribution in [-0.4, -0.2) is 19.9 Å². The first-order valence-corrected chi connectivity index (χ1v) is 6.74. The molecule has 0 saturated carbocycles. The fourth-order valence-electron chi connectivity index (χ4n) is 1.04. The van der Waals surface area contributed by atoms with E-state index in [0.717, 1.165) is 0 Å². The molecule has 1 atom stereocenters. The van der Waals surface area contributed by atoms with E-state index in [1.54, 1.807) is 13.8 Å². The van der Waals surface area contributed by atoms with Gasteiger partial charge in [0.05, 0.1) is 12.0 Å². The zero-order chi connectivity index (χ0) is 13.1. The van der Waals surface area contributed by atoms with Crippen molar-refractivity contribution in [1.82, 2.24) is 9.71 Å². The number of sulfonamides is 1. The van der Waals surface area contributed by atoms with E-state index in [2.05, 4.69) is 9.71 Å². The first-order chi connectivity index (χ1) is 7.86. The molecule has 92 valence electrons. The number of nitrogens with zero attached hydrogens (tertiary/aromatic N) is 2. The van der Waals surface area contributed by atoms with Gasteiger partial charge in [-0.2, -0.15) is 5.26 Å². The van der Waals surface area contributed by atoms with Crippen LogP contribution in [0.15, 0.2) is 17.2 Å². The highest BCUT2D eigenvalue weighted by Crippen LogP contribution is 2.16. The summed E-state index contributed by atoms with van der Waals surface area (Å²) in [5.41, 5.74) is 0.586. The van der Waals surface area contributed by atoms with Crippen LogP contribution in [-0.2, 0) is 10.0 Å². The van der Waals surface area contributed by atoms with Crippen molar-refractivity contribution in [2.45, 2.75) is 18.7 Å². The van der Waals surface area contributed by atoms with Crippen LogP contribution in [0.4, 0.5) is 0 Å². The van der Waals surface area contributed by atoms with Crippen LogP contribution in [0.2, 0.25) is 5.15 Å². The van der Waals surface area contributed by atoms with Gasteiger partial charge in [-0.3, -0.25) is 0 Å². The van der Waals surface area contributed by atoms with Crippen molar-refractivity contribution < 1.29 is 8.42 Å². The molecular formula is C10H12ClN3O2S. The van der Waals surface area contributed by atoms with E-state index < -0.39 is 10.0 Å². The van der Waals surface area contributed by atoms with Gasteiger partial charge < -0.3 is 0 Å². The second-order valence-corrected chi connectivity index (χ2v) is 5.79. The third kappa shape index (κ3) is 3.66. The Morgan fingerprint density at radius 2 is 2.29 bits per heavy atom. The van der Waals surface area contributed by atoms with Gasteiger partial charge in [0.25, 0.3) is 0 Å². The summed E-state index contributed by atoms with van der Waals surface area (Å²) in [5.74, 6) is -0.383. The average Bonchev–Trinajstić information content (AvgIpc) is 2.29. The predicted molar refractivity (Wildman–Crippen MR) is 63.9 cm³/mol. The topological polar surface area (TPSA) is 82.9 Å². The number of aromatic nitrogens is 1. The molecule has 1 aromatic rings. The van der Waals surface area contributed by atoms with E-state index in [4.69, 9.17) is 16.9 Å². The van der Waals surface area contributed by atoms with Gasteiger partial charge in [0.15, 0.2) is 0 Å². The standard InChI is InChI=1S/C10H12ClN3O2S/c1-7(4-12)5-14-17(15,16)9-3-8(2)10(11)13-6-9/h3,6-7,14H,5H2,1-2H3. The summed E-state index contributed by atoms with van der Waals surface area (Å²) in [6.07, 6.45) is 1.19. The maximum Gasteiger partial charge on any atom is 0.242 e. The Kier molecular flexibility index (Phi) is 4.46. The van der Waals surface area contributed by atoms with Crippen LogP contribution >= 0.6 is 11.6 Å². The monoisotopic (exact) mass is 273 g/mol. The maximum atomic E-state index is 11.8. The lowest BCUT2D eigenvalue weighted by molar-refractivity contribution is 0.572. The third-order valence-corrected chi connectivity index (χ3v) is 3.89. The largest absolute Gasteiger partial charge is 0.243 e. The van der Waals surface area contributed by atoms with Gasteiger partial charge in [0.1, 0.15) is 10.0 Å². The summed E-state index contributed by atoms with van der Waals surface area (Å²) in [6.45, 7) is 3.38. The molecule has 0 aliphatic carbocycles. The van der Waals surface area contributed by atoms with Crippen molar-refractivity contribution in [3.8, 4) is 6.07 Å². The van der Waals surface area contributed by atoms with Gasteiger partial charge in [-0.05, 0) is 25.5 Å². The summed E-state index contributed by atoms with van der Waals surface area (Å²) < 4.78 is 26.0. The number of pyridine rings is 1. The molecule has 5 nitrogen and oxygen atoms in total. The lowest BCUT2D eigenvalue weighted by Gasteiger charge is -2.08. The molecule has 7 heteroatoms. The van der Waals surface area contributed by atoms with Crippen LogP contribution in [0.3, 0.4) is 0 Å². The number of nitriles is 1. The molecule has 0 aromatic carbocycles. The molecule has 0 aliphatic rings. The Labute approximate surface area is 105 Å². The molecule has 1 unspecified atom stereocenters. The normalized spacial score (nSPS) is 13.1. The SMILES string of the molecule is Cc1cc(S(=O)(=O)NCC(C)C#N)cnc1Cl. The van der Waals surface area contributed by atoms with E-state index >= 15 is 0 Å². The molecule has 0 amide bonds. The van der Waals surface area contributed by atoms with Gasteiger partial charge in [-0.25, -0.2) is 18.1 Å². The number of halogens is 1. The van der Waals surface area contributed by atoms with Gasteiger partial charge in [0, 0.05) is 12.7 Å². The predicted octanol–water partition coefficient (Wildman–Crippen LogP) is 1.48. The van der Waals surface area contributed by atoms with Crippen molar-refractivity contribution in [2.75, 3.05) is 6.54 Å². The first kappa shape index (κ1) is 13.9. The summed E-state index contributed by atoms with van der Waals surface area (Å²) >= 11 is 5.71. The first-order valence-electron chi connectivity index (χ1n) is 4.88. The van der Waals surface area contributed by atoms with E-state index in [0.29, 0.717) is 5.56 Å². The minimum absolute atomic E-state index is 0.0459. The molecule has 0 fully saturated rings. The Hall–Kier alpha value is -1.16. The van der Waals surface area contributed by atoms with Gasteiger partial charge in [0.2, 0.25) is 10.0 Å². The lowest BCUT2D eigenvalue weighted by atomic mass is 10.2. The molecule has 1 aromatic heterocycles. The highest BCUT2D eigenvalue weighted by molar-refractivity contribution is 7.89. The van der Waals surface area contributed by atoms with Crippen molar-refractivity contribution >= 4 is 21.6 Å². The zero-order valence-corrected chi connectivity index (χ0v) is 11.0. The molecule has 1 rings (SSSR count). The van der Waals surface area contributed by atoms with Crippen LogP contribution in [0.5, 0.6) is 0 Å². The van der Waals surface area contributed by atoms with Crippen molar-refractivity contribution in [3.05, 3.63) is 23.0 Å². The number of nitrogens with one attached hydrogen (secondary N) is 1. The summed E-state index contributed by atoms with van der Waals surface area (Å²) in [4.78, 5) is 3.82. The Morgan fingerprint density at radius 3 is 2.82 bits per heavy atom. The van der Waals surface area contributed by atoms with Gasteiger partial charge in [-0.15, -0.1) is 0 Å². The molecule has 0 saturated heterocycles. The van der Waals surface area contributed by atoms with Crippen LogP contribution in [0, 0.1) is 24.2 Å². The van der Waals surface area contributed by atoms with Crippen LogP contribution in [0.1, 0.15) is 12.5 Å². The smallest absolute Gasteiger partial charge is 0.242 e. The quantitative estimate of drug-likeness (QED) is 0.843. The molecule has 1 N–H and O–H groups in total. The summed E-state index contributed by atoms with van der Waals surface area (Å²) in [6, 6.07) is 3.38. The highest BCUT2D eigenvalue weighted by atomic mass is 35.5. The minimum Gasteiger partial charge on any atom is -0.243 e. The van der Waals surface area contributed by atoms with Crippen LogP contribution < -0.4 is 4.72 Å². The number of hydrogen-bond donors (Lipinski definition) is 1. The van der Waals surface area contributed by atoms with E-state index in [-0.39, 0.29) is 22.5 Å². The Bertz CT molecular complexity index is 551. The van der Waals surface area contributed by atoms with Crippen molar-refractivity contribution in [2.24, 2.45) is 5.92 Å². The van der Waals surface area contributed by atoms with Crippen LogP contribution in [0.25, 0.3) is 0 Å². The molecular weight excluding hydrogens is 262 g/mol. The molecule has 0 aliphatic heterocycles. The highest BCUT2D eigenvalue weighted by Gasteiger charge is 2.16. The second kappa shape index (κ2) is 5.45. The summed E-state index contributed by atoms with van der Waals surface area (Å²) in [7, 11) is -3.63. The molecule has 0 bridgehead atoms. The molecule has 1 heterocycles. The number of hydrogen-bond acceptors (Lipinski definition) is 4. The molecule has 0 spiro atoms. The summed E-state index contributed by atoms with van der Waals surface area (Å²) in [5, 5.41) is 8.84. The number of rotatable bonds is 4. The Balaban J connectivity index is 2.91. The van der Waals surface area contributed by atoms with E-state index in [1.807, 2.05) is 6.07 Å². The van der Waals surface area contributed by atoms with E-state index in [1.165, 1.54) is 12.3 Å².